The number of carbonyl (C=O) groups is 1. The van der Waals surface area contributed by atoms with Gasteiger partial charge in [-0.3, -0.25) is 10.1 Å². The minimum absolute atomic E-state index is 0.126. The molecule has 0 radical (unpaired) electrons. The zero-order chi connectivity index (χ0) is 14.9. The lowest BCUT2D eigenvalue weighted by atomic mass is 9.97. The molecule has 2 atom stereocenters. The Morgan fingerprint density at radius 1 is 1.29 bits per heavy atom. The smallest absolute Gasteiger partial charge is 0.244 e. The van der Waals surface area contributed by atoms with Crippen LogP contribution in [0.1, 0.15) is 65.2 Å². The quantitative estimate of drug-likeness (QED) is 0.847. The van der Waals surface area contributed by atoms with Crippen LogP contribution in [0.4, 0.5) is 0 Å². The standard InChI is InChI=1S/C17H30N2O2/c1-3-21-13(2)12-19-15(14-8-4-5-9-14)18-17(16(19)20)10-6-7-11-17/h13-15,18H,3-12H2,1-2H3. The molecule has 1 spiro atoms. The molecule has 1 amide bonds. The molecule has 1 N–H and O–H groups in total. The maximum atomic E-state index is 13.0. The minimum atomic E-state index is -0.237. The first-order valence-corrected chi connectivity index (χ1v) is 8.86. The van der Waals surface area contributed by atoms with Crippen molar-refractivity contribution in [3.05, 3.63) is 0 Å². The number of nitrogens with one attached hydrogen (secondary N) is 1. The number of rotatable bonds is 5. The third-order valence-corrected chi connectivity index (χ3v) is 5.64. The molecule has 2 unspecified atom stereocenters. The van der Waals surface area contributed by atoms with Gasteiger partial charge in [-0.25, -0.2) is 0 Å². The summed E-state index contributed by atoms with van der Waals surface area (Å²) in [5.41, 5.74) is -0.237. The summed E-state index contributed by atoms with van der Waals surface area (Å²) >= 11 is 0. The molecule has 2 aliphatic carbocycles. The molecular weight excluding hydrogens is 264 g/mol. The molecule has 1 saturated heterocycles. The zero-order valence-electron chi connectivity index (χ0n) is 13.6. The predicted octanol–water partition coefficient (Wildman–Crippen LogP) is 2.67. The summed E-state index contributed by atoms with van der Waals surface area (Å²) in [6.45, 7) is 5.56. The van der Waals surface area contributed by atoms with Crippen LogP contribution < -0.4 is 5.32 Å². The van der Waals surface area contributed by atoms with Crippen molar-refractivity contribution in [1.82, 2.24) is 10.2 Å². The maximum absolute atomic E-state index is 13.0. The Kier molecular flexibility index (Phi) is 4.55. The highest BCUT2D eigenvalue weighted by molar-refractivity contribution is 5.89. The van der Waals surface area contributed by atoms with Gasteiger partial charge in [-0.15, -0.1) is 0 Å². The first kappa shape index (κ1) is 15.3. The highest BCUT2D eigenvalue weighted by Crippen LogP contribution is 2.41. The van der Waals surface area contributed by atoms with Crippen LogP contribution in [0, 0.1) is 5.92 Å². The number of amides is 1. The molecule has 0 bridgehead atoms. The van der Waals surface area contributed by atoms with E-state index in [4.69, 9.17) is 4.74 Å². The van der Waals surface area contributed by atoms with E-state index in [1.54, 1.807) is 0 Å². The van der Waals surface area contributed by atoms with Gasteiger partial charge in [0.1, 0.15) is 0 Å². The van der Waals surface area contributed by atoms with E-state index < -0.39 is 0 Å². The fourth-order valence-corrected chi connectivity index (χ4v) is 4.62. The number of hydrogen-bond donors (Lipinski definition) is 1. The second kappa shape index (κ2) is 6.25. The summed E-state index contributed by atoms with van der Waals surface area (Å²) in [4.78, 5) is 15.2. The van der Waals surface area contributed by atoms with Crippen molar-refractivity contribution >= 4 is 5.91 Å². The number of ether oxygens (including phenoxy) is 1. The van der Waals surface area contributed by atoms with Crippen molar-refractivity contribution in [2.24, 2.45) is 5.92 Å². The molecule has 0 aromatic heterocycles. The second-order valence-corrected chi connectivity index (χ2v) is 7.15. The van der Waals surface area contributed by atoms with Crippen LogP contribution in [-0.4, -0.2) is 41.8 Å². The molecule has 4 heteroatoms. The van der Waals surface area contributed by atoms with Gasteiger partial charge in [0.25, 0.3) is 0 Å². The highest BCUT2D eigenvalue weighted by Gasteiger charge is 2.54. The van der Waals surface area contributed by atoms with E-state index in [1.807, 2.05) is 6.92 Å². The van der Waals surface area contributed by atoms with E-state index in [1.165, 1.54) is 38.5 Å². The van der Waals surface area contributed by atoms with Gasteiger partial charge in [0.2, 0.25) is 5.91 Å². The molecule has 0 aromatic carbocycles. The van der Waals surface area contributed by atoms with Crippen LogP contribution in [0.3, 0.4) is 0 Å². The lowest BCUT2D eigenvalue weighted by Crippen LogP contribution is -2.46. The van der Waals surface area contributed by atoms with Crippen LogP contribution in [-0.2, 0) is 9.53 Å². The van der Waals surface area contributed by atoms with Crippen molar-refractivity contribution < 1.29 is 9.53 Å². The largest absolute Gasteiger partial charge is 0.377 e. The zero-order valence-corrected chi connectivity index (χ0v) is 13.6. The van der Waals surface area contributed by atoms with Crippen LogP contribution in [0.15, 0.2) is 0 Å². The topological polar surface area (TPSA) is 41.6 Å². The molecule has 3 fully saturated rings. The number of carbonyl (C=O) groups excluding carboxylic acids is 1. The summed E-state index contributed by atoms with van der Waals surface area (Å²) in [7, 11) is 0. The van der Waals surface area contributed by atoms with E-state index in [9.17, 15) is 4.79 Å². The Bertz CT molecular complexity index is 373. The van der Waals surface area contributed by atoms with Crippen molar-refractivity contribution in [2.45, 2.75) is 83.0 Å². The first-order chi connectivity index (χ1) is 10.2. The van der Waals surface area contributed by atoms with E-state index in [-0.39, 0.29) is 17.8 Å². The van der Waals surface area contributed by atoms with Gasteiger partial charge < -0.3 is 9.64 Å². The molecule has 120 valence electrons. The average Bonchev–Trinajstić information content (AvgIpc) is 3.17. The lowest BCUT2D eigenvalue weighted by Gasteiger charge is -2.30. The van der Waals surface area contributed by atoms with Gasteiger partial charge in [0.05, 0.1) is 17.8 Å². The molecule has 3 aliphatic rings. The van der Waals surface area contributed by atoms with E-state index in [0.717, 1.165) is 26.0 Å². The Balaban J connectivity index is 1.76. The fourth-order valence-electron chi connectivity index (χ4n) is 4.62. The summed E-state index contributed by atoms with van der Waals surface area (Å²) in [5.74, 6) is 0.992. The third-order valence-electron chi connectivity index (χ3n) is 5.64. The van der Waals surface area contributed by atoms with E-state index >= 15 is 0 Å². The molecule has 1 aliphatic heterocycles. The fraction of sp³-hybridized carbons (Fsp3) is 0.941. The molecule has 21 heavy (non-hydrogen) atoms. The van der Waals surface area contributed by atoms with E-state index in [0.29, 0.717) is 11.8 Å². The van der Waals surface area contributed by atoms with Gasteiger partial charge in [0.15, 0.2) is 0 Å². The van der Waals surface area contributed by atoms with Crippen molar-refractivity contribution in [2.75, 3.05) is 13.2 Å². The molecule has 2 saturated carbocycles. The van der Waals surface area contributed by atoms with Crippen molar-refractivity contribution in [3.63, 3.8) is 0 Å². The van der Waals surface area contributed by atoms with Crippen molar-refractivity contribution in [1.29, 1.82) is 0 Å². The Morgan fingerprint density at radius 2 is 1.95 bits per heavy atom. The Labute approximate surface area is 128 Å². The van der Waals surface area contributed by atoms with Crippen LogP contribution in [0.2, 0.25) is 0 Å². The van der Waals surface area contributed by atoms with Crippen LogP contribution >= 0.6 is 0 Å². The monoisotopic (exact) mass is 294 g/mol. The highest BCUT2D eigenvalue weighted by atomic mass is 16.5. The van der Waals surface area contributed by atoms with Gasteiger partial charge in [-0.1, -0.05) is 25.7 Å². The summed E-state index contributed by atoms with van der Waals surface area (Å²) in [6.07, 6.45) is 9.96. The lowest BCUT2D eigenvalue weighted by molar-refractivity contribution is -0.135. The van der Waals surface area contributed by atoms with Gasteiger partial charge in [-0.2, -0.15) is 0 Å². The van der Waals surface area contributed by atoms with Crippen LogP contribution in [0.5, 0.6) is 0 Å². The Morgan fingerprint density at radius 3 is 2.57 bits per heavy atom. The molecular formula is C17H30N2O2. The minimum Gasteiger partial charge on any atom is -0.377 e. The SMILES string of the molecule is CCOC(C)CN1C(=O)C2(CCCC2)NC1C1CCCC1. The van der Waals surface area contributed by atoms with E-state index in [2.05, 4.69) is 17.1 Å². The molecule has 3 rings (SSSR count). The summed E-state index contributed by atoms with van der Waals surface area (Å²) in [6, 6.07) is 0. The second-order valence-electron chi connectivity index (χ2n) is 7.15. The normalized spacial score (nSPS) is 30.7. The predicted molar refractivity (Wildman–Crippen MR) is 82.9 cm³/mol. The van der Waals surface area contributed by atoms with Crippen LogP contribution in [0.25, 0.3) is 0 Å². The third kappa shape index (κ3) is 2.85. The maximum Gasteiger partial charge on any atom is 0.244 e. The first-order valence-electron chi connectivity index (χ1n) is 8.86. The molecule has 1 heterocycles. The average molecular weight is 294 g/mol. The van der Waals surface area contributed by atoms with Gasteiger partial charge in [0, 0.05) is 13.2 Å². The molecule has 0 aromatic rings. The van der Waals surface area contributed by atoms with Gasteiger partial charge >= 0.3 is 0 Å². The van der Waals surface area contributed by atoms with Gasteiger partial charge in [-0.05, 0) is 45.4 Å². The molecule has 4 nitrogen and oxygen atoms in total. The number of nitrogens with zero attached hydrogens (tertiary/aromatic N) is 1. The Hall–Kier alpha value is -0.610. The van der Waals surface area contributed by atoms with Crippen molar-refractivity contribution in [3.8, 4) is 0 Å². The summed E-state index contributed by atoms with van der Waals surface area (Å²) in [5, 5.41) is 3.78. The summed E-state index contributed by atoms with van der Waals surface area (Å²) < 4.78 is 5.69. The number of hydrogen-bond acceptors (Lipinski definition) is 3.